The van der Waals surface area contributed by atoms with E-state index in [1.807, 2.05) is 54.3 Å². The molecule has 0 bridgehead atoms. The lowest BCUT2D eigenvalue weighted by Gasteiger charge is -2.32. The first kappa shape index (κ1) is 22.6. The second kappa shape index (κ2) is 9.24. The Morgan fingerprint density at radius 3 is 2.62 bits per heavy atom. The highest BCUT2D eigenvalue weighted by molar-refractivity contribution is 9.10. The first-order valence-corrected chi connectivity index (χ1v) is 12.4. The number of benzene rings is 2. The molecule has 0 radical (unpaired) electrons. The monoisotopic (exact) mass is 518 g/mol. The number of aromatic amines is 1. The summed E-state index contributed by atoms with van der Waals surface area (Å²) in [5.41, 5.74) is 6.74. The van der Waals surface area contributed by atoms with Crippen molar-refractivity contribution in [2.75, 3.05) is 38.5 Å². The number of rotatable bonds is 4. The molecule has 3 aromatic rings. The average molecular weight is 519 g/mol. The van der Waals surface area contributed by atoms with Crippen LogP contribution in [0.15, 0.2) is 53.1 Å². The van der Waals surface area contributed by atoms with E-state index < -0.39 is 0 Å². The molecule has 0 unspecified atom stereocenters. The third-order valence-electron chi connectivity index (χ3n) is 6.65. The largest absolute Gasteiger partial charge is 0.361 e. The number of hydrogen-bond acceptors (Lipinski definition) is 3. The number of likely N-dealkylation sites (N-methyl/N-ethyl adjacent to an activating group) is 1. The van der Waals surface area contributed by atoms with Crippen molar-refractivity contribution in [1.29, 1.82) is 0 Å². The number of piperazine rings is 1. The van der Waals surface area contributed by atoms with Gasteiger partial charge in [0.05, 0.1) is 11.1 Å². The summed E-state index contributed by atoms with van der Waals surface area (Å²) in [5.74, 6) is -0.0852. The van der Waals surface area contributed by atoms with Gasteiger partial charge in [0.15, 0.2) is 0 Å². The van der Waals surface area contributed by atoms with Gasteiger partial charge >= 0.3 is 0 Å². The van der Waals surface area contributed by atoms with Crippen molar-refractivity contribution in [1.82, 2.24) is 14.8 Å². The lowest BCUT2D eigenvalue weighted by molar-refractivity contribution is -0.110. The summed E-state index contributed by atoms with van der Waals surface area (Å²) in [6, 6.07) is 14.0. The number of fused-ring (bicyclic) bond motifs is 1. The summed E-state index contributed by atoms with van der Waals surface area (Å²) in [6.45, 7) is 5.26. The highest BCUT2D eigenvalue weighted by Gasteiger charge is 2.29. The van der Waals surface area contributed by atoms with Gasteiger partial charge in [0.25, 0.3) is 11.8 Å². The van der Waals surface area contributed by atoms with E-state index in [1.54, 1.807) is 6.20 Å². The molecule has 174 valence electrons. The summed E-state index contributed by atoms with van der Waals surface area (Å²) >= 11 is 3.55. The molecule has 1 fully saturated rings. The number of carbonyl (C=O) groups is 2. The van der Waals surface area contributed by atoms with Crippen molar-refractivity contribution >= 4 is 45.1 Å². The van der Waals surface area contributed by atoms with Crippen LogP contribution in [0.3, 0.4) is 0 Å². The van der Waals surface area contributed by atoms with Crippen LogP contribution < -0.4 is 5.32 Å². The number of nitrogens with zero attached hydrogens (tertiary/aromatic N) is 2. The Labute approximate surface area is 207 Å². The molecule has 0 aliphatic carbocycles. The third-order valence-corrected chi connectivity index (χ3v) is 7.14. The van der Waals surface area contributed by atoms with Crippen LogP contribution >= 0.6 is 15.9 Å². The van der Waals surface area contributed by atoms with Gasteiger partial charge in [-0.3, -0.25) is 9.59 Å². The van der Waals surface area contributed by atoms with E-state index in [-0.39, 0.29) is 11.8 Å². The van der Waals surface area contributed by atoms with Gasteiger partial charge in [0, 0.05) is 53.8 Å². The number of carbonyl (C=O) groups excluding carboxylic acids is 2. The first-order chi connectivity index (χ1) is 16.5. The predicted molar refractivity (Wildman–Crippen MR) is 140 cm³/mol. The number of halogens is 1. The van der Waals surface area contributed by atoms with Crippen molar-refractivity contribution in [2.45, 2.75) is 13.3 Å². The molecule has 2 amide bonds. The van der Waals surface area contributed by atoms with E-state index >= 15 is 0 Å². The zero-order valence-electron chi connectivity index (χ0n) is 19.3. The molecule has 5 rings (SSSR count). The van der Waals surface area contributed by atoms with E-state index in [9.17, 15) is 9.59 Å². The van der Waals surface area contributed by atoms with Crippen LogP contribution in [-0.2, 0) is 11.2 Å². The SMILES string of the molecule is CCc1c(C(=O)N2CCN(C)CC2)c[nH]c1/C=C1\C(=O)Nc2cccc(-c3cccc(Br)c3)c21. The van der Waals surface area contributed by atoms with E-state index in [0.717, 1.165) is 64.3 Å². The lowest BCUT2D eigenvalue weighted by Crippen LogP contribution is -2.47. The molecule has 7 heteroatoms. The van der Waals surface area contributed by atoms with Crippen LogP contribution in [0.2, 0.25) is 0 Å². The molecule has 0 atom stereocenters. The zero-order chi connectivity index (χ0) is 23.8. The molecule has 0 spiro atoms. The lowest BCUT2D eigenvalue weighted by atomic mass is 9.94. The fraction of sp³-hybridized carbons (Fsp3) is 0.259. The number of aromatic nitrogens is 1. The van der Waals surface area contributed by atoms with Crippen LogP contribution in [0.4, 0.5) is 5.69 Å². The molecule has 2 aromatic carbocycles. The molecule has 1 aromatic heterocycles. The molecule has 6 nitrogen and oxygen atoms in total. The fourth-order valence-corrected chi connectivity index (χ4v) is 5.18. The normalized spacial score (nSPS) is 17.2. The van der Waals surface area contributed by atoms with E-state index in [4.69, 9.17) is 0 Å². The Balaban J connectivity index is 1.55. The van der Waals surface area contributed by atoms with Crippen LogP contribution in [0.5, 0.6) is 0 Å². The van der Waals surface area contributed by atoms with Crippen molar-refractivity contribution in [2.24, 2.45) is 0 Å². The van der Waals surface area contributed by atoms with Crippen molar-refractivity contribution < 1.29 is 9.59 Å². The highest BCUT2D eigenvalue weighted by atomic mass is 79.9. The van der Waals surface area contributed by atoms with Crippen LogP contribution in [-0.4, -0.2) is 59.8 Å². The maximum absolute atomic E-state index is 13.3. The van der Waals surface area contributed by atoms with E-state index in [1.165, 1.54) is 0 Å². The fourth-order valence-electron chi connectivity index (χ4n) is 4.78. The third kappa shape index (κ3) is 4.10. The molecule has 34 heavy (non-hydrogen) atoms. The van der Waals surface area contributed by atoms with Gasteiger partial charge in [-0.1, -0.05) is 47.1 Å². The standard InChI is InChI=1S/C27H27BrN4O2/c1-3-19-22(27(34)32-12-10-31(2)11-13-32)16-29-24(19)15-21-25-20(17-6-4-7-18(28)14-17)8-5-9-23(25)30-26(21)33/h4-9,14-16,29H,3,10-13H2,1-2H3,(H,30,33)/b21-15-. The van der Waals surface area contributed by atoms with Crippen LogP contribution in [0.25, 0.3) is 22.8 Å². The number of H-pyrrole nitrogens is 1. The van der Waals surface area contributed by atoms with E-state index in [0.29, 0.717) is 17.6 Å². The summed E-state index contributed by atoms with van der Waals surface area (Å²) in [7, 11) is 2.08. The smallest absolute Gasteiger partial charge is 0.256 e. The van der Waals surface area contributed by atoms with Gasteiger partial charge in [-0.2, -0.15) is 0 Å². The van der Waals surface area contributed by atoms with Gasteiger partial charge in [-0.25, -0.2) is 0 Å². The number of hydrogen-bond donors (Lipinski definition) is 2. The minimum absolute atomic E-state index is 0.0527. The van der Waals surface area contributed by atoms with E-state index in [2.05, 4.69) is 44.2 Å². The zero-order valence-corrected chi connectivity index (χ0v) is 20.9. The number of amides is 2. The Morgan fingerprint density at radius 1 is 1.12 bits per heavy atom. The Hall–Kier alpha value is -3.16. The number of nitrogens with one attached hydrogen (secondary N) is 2. The quantitative estimate of drug-likeness (QED) is 0.483. The summed E-state index contributed by atoms with van der Waals surface area (Å²) in [5, 5.41) is 3.00. The molecule has 2 aliphatic rings. The summed E-state index contributed by atoms with van der Waals surface area (Å²) in [6.07, 6.45) is 4.38. The van der Waals surface area contributed by atoms with Gasteiger partial charge in [0.1, 0.15) is 0 Å². The molecular weight excluding hydrogens is 492 g/mol. The molecule has 3 heterocycles. The number of anilines is 1. The molecule has 2 N–H and O–H groups in total. The Morgan fingerprint density at radius 2 is 1.88 bits per heavy atom. The van der Waals surface area contributed by atoms with Crippen molar-refractivity contribution in [3.63, 3.8) is 0 Å². The second-order valence-corrected chi connectivity index (χ2v) is 9.71. The Bertz CT molecular complexity index is 1300. The molecular formula is C27H27BrN4O2. The minimum atomic E-state index is -0.138. The first-order valence-electron chi connectivity index (χ1n) is 11.6. The van der Waals surface area contributed by atoms with Gasteiger partial charge in [-0.15, -0.1) is 0 Å². The van der Waals surface area contributed by atoms with Crippen LogP contribution in [0.1, 0.15) is 34.1 Å². The molecule has 2 aliphatic heterocycles. The molecule has 0 saturated carbocycles. The molecule has 1 saturated heterocycles. The topological polar surface area (TPSA) is 68.4 Å². The second-order valence-electron chi connectivity index (χ2n) is 8.79. The minimum Gasteiger partial charge on any atom is -0.361 e. The summed E-state index contributed by atoms with van der Waals surface area (Å²) in [4.78, 5) is 33.7. The van der Waals surface area contributed by atoms with Crippen molar-refractivity contribution in [3.8, 4) is 11.1 Å². The predicted octanol–water partition coefficient (Wildman–Crippen LogP) is 4.89. The maximum Gasteiger partial charge on any atom is 0.256 e. The highest BCUT2D eigenvalue weighted by Crippen LogP contribution is 2.41. The van der Waals surface area contributed by atoms with Crippen LogP contribution in [0, 0.1) is 0 Å². The summed E-state index contributed by atoms with van der Waals surface area (Å²) < 4.78 is 0.982. The maximum atomic E-state index is 13.3. The van der Waals surface area contributed by atoms with Crippen molar-refractivity contribution in [3.05, 3.63) is 75.5 Å². The van der Waals surface area contributed by atoms with Gasteiger partial charge in [0.2, 0.25) is 0 Å². The van der Waals surface area contributed by atoms with Gasteiger partial charge in [-0.05, 0) is 54.4 Å². The Kier molecular flexibility index (Phi) is 6.15. The van der Waals surface area contributed by atoms with Gasteiger partial charge < -0.3 is 20.1 Å². The average Bonchev–Trinajstić information content (AvgIpc) is 3.39.